The normalized spacial score (nSPS) is 11.9. The lowest BCUT2D eigenvalue weighted by Crippen LogP contribution is -2.20. The van der Waals surface area contributed by atoms with Gasteiger partial charge in [-0.3, -0.25) is 4.98 Å². The fraction of sp³-hybridized carbons (Fsp3) is 0.0769. The van der Waals surface area contributed by atoms with Crippen LogP contribution < -0.4 is 5.32 Å². The summed E-state index contributed by atoms with van der Waals surface area (Å²) in [4.78, 5) is 15.2. The quantitative estimate of drug-likeness (QED) is 0.906. The van der Waals surface area contributed by atoms with Gasteiger partial charge >= 0.3 is 5.97 Å². The Bertz CT molecular complexity index is 607. The number of carboxylic acid groups (broad SMARTS) is 1. The van der Waals surface area contributed by atoms with E-state index in [0.717, 1.165) is 0 Å². The summed E-state index contributed by atoms with van der Waals surface area (Å²) in [7, 11) is 0. The van der Waals surface area contributed by atoms with Crippen LogP contribution in [0.4, 0.5) is 10.1 Å². The topological polar surface area (TPSA) is 62.2 Å². The van der Waals surface area contributed by atoms with Crippen LogP contribution >= 0.6 is 15.9 Å². The molecule has 2 rings (SSSR count). The Balaban J connectivity index is 2.29. The Morgan fingerprint density at radius 2 is 2.16 bits per heavy atom. The number of carbonyl (C=O) groups is 1. The second-order valence-corrected chi connectivity index (χ2v) is 4.78. The molecule has 0 spiro atoms. The molecule has 6 heteroatoms. The van der Waals surface area contributed by atoms with Gasteiger partial charge in [-0.2, -0.15) is 0 Å². The van der Waals surface area contributed by atoms with E-state index in [1.807, 2.05) is 0 Å². The SMILES string of the molecule is O=C(O)C(Nc1cccc(F)c1)c1cncc(Br)c1. The maximum absolute atomic E-state index is 13.1. The van der Waals surface area contributed by atoms with Gasteiger partial charge in [0.25, 0.3) is 0 Å². The Morgan fingerprint density at radius 1 is 1.37 bits per heavy atom. The number of nitrogens with one attached hydrogen (secondary N) is 1. The molecule has 0 bridgehead atoms. The van der Waals surface area contributed by atoms with Gasteiger partial charge in [0.05, 0.1) is 0 Å². The van der Waals surface area contributed by atoms with Crippen molar-refractivity contribution in [2.45, 2.75) is 6.04 Å². The van der Waals surface area contributed by atoms with Gasteiger partial charge in [0.2, 0.25) is 0 Å². The number of aliphatic carboxylic acids is 1. The highest BCUT2D eigenvalue weighted by molar-refractivity contribution is 9.10. The van der Waals surface area contributed by atoms with E-state index in [9.17, 15) is 14.3 Å². The predicted molar refractivity (Wildman–Crippen MR) is 72.3 cm³/mol. The molecule has 98 valence electrons. The summed E-state index contributed by atoms with van der Waals surface area (Å²) < 4.78 is 13.8. The lowest BCUT2D eigenvalue weighted by atomic mass is 10.1. The number of carboxylic acids is 1. The first-order valence-corrected chi connectivity index (χ1v) is 6.21. The number of aromatic nitrogens is 1. The number of hydrogen-bond donors (Lipinski definition) is 2. The number of hydrogen-bond acceptors (Lipinski definition) is 3. The molecular weight excluding hydrogens is 315 g/mol. The van der Waals surface area contributed by atoms with Gasteiger partial charge in [-0.15, -0.1) is 0 Å². The van der Waals surface area contributed by atoms with Gasteiger partial charge in [0.15, 0.2) is 6.04 Å². The zero-order valence-corrected chi connectivity index (χ0v) is 11.3. The summed E-state index contributed by atoms with van der Waals surface area (Å²) in [5, 5.41) is 12.0. The first-order valence-electron chi connectivity index (χ1n) is 5.41. The third-order valence-electron chi connectivity index (χ3n) is 2.44. The molecule has 0 saturated carbocycles. The fourth-order valence-corrected chi connectivity index (χ4v) is 2.00. The highest BCUT2D eigenvalue weighted by Gasteiger charge is 2.20. The zero-order valence-electron chi connectivity index (χ0n) is 9.68. The van der Waals surface area contributed by atoms with Crippen molar-refractivity contribution in [2.24, 2.45) is 0 Å². The smallest absolute Gasteiger partial charge is 0.330 e. The van der Waals surface area contributed by atoms with Crippen molar-refractivity contribution in [3.63, 3.8) is 0 Å². The molecule has 1 aromatic heterocycles. The summed E-state index contributed by atoms with van der Waals surface area (Å²) in [5.41, 5.74) is 0.874. The van der Waals surface area contributed by atoms with Crippen LogP contribution in [0, 0.1) is 5.82 Å². The van der Waals surface area contributed by atoms with Crippen molar-refractivity contribution in [3.8, 4) is 0 Å². The van der Waals surface area contributed by atoms with Crippen molar-refractivity contribution in [1.29, 1.82) is 0 Å². The Kier molecular flexibility index (Phi) is 4.11. The Morgan fingerprint density at radius 3 is 2.79 bits per heavy atom. The first-order chi connectivity index (χ1) is 9.06. The van der Waals surface area contributed by atoms with Gasteiger partial charge < -0.3 is 10.4 Å². The summed E-state index contributed by atoms with van der Waals surface area (Å²) in [6.07, 6.45) is 3.01. The Hall–Kier alpha value is -1.95. The second kappa shape index (κ2) is 5.79. The van der Waals surface area contributed by atoms with Crippen molar-refractivity contribution < 1.29 is 14.3 Å². The average molecular weight is 325 g/mol. The number of nitrogens with zero attached hydrogens (tertiary/aromatic N) is 1. The molecule has 0 aliphatic carbocycles. The highest BCUT2D eigenvalue weighted by atomic mass is 79.9. The van der Waals surface area contributed by atoms with E-state index >= 15 is 0 Å². The van der Waals surface area contributed by atoms with Gasteiger partial charge in [-0.05, 0) is 40.2 Å². The second-order valence-electron chi connectivity index (χ2n) is 3.86. The molecule has 1 heterocycles. The minimum atomic E-state index is -1.07. The fourth-order valence-electron chi connectivity index (χ4n) is 1.62. The van der Waals surface area contributed by atoms with Crippen LogP contribution in [0.1, 0.15) is 11.6 Å². The zero-order chi connectivity index (χ0) is 13.8. The van der Waals surface area contributed by atoms with Gasteiger partial charge in [-0.1, -0.05) is 6.07 Å². The lowest BCUT2D eigenvalue weighted by molar-refractivity contribution is -0.138. The van der Waals surface area contributed by atoms with Crippen molar-refractivity contribution in [3.05, 3.63) is 58.6 Å². The van der Waals surface area contributed by atoms with E-state index in [0.29, 0.717) is 15.7 Å². The van der Waals surface area contributed by atoms with Crippen LogP contribution in [0.25, 0.3) is 0 Å². The number of rotatable bonds is 4. The maximum Gasteiger partial charge on any atom is 0.330 e. The summed E-state index contributed by atoms with van der Waals surface area (Å²) >= 11 is 3.23. The van der Waals surface area contributed by atoms with Crippen LogP contribution in [0.15, 0.2) is 47.2 Å². The van der Waals surface area contributed by atoms with E-state index in [1.165, 1.54) is 24.4 Å². The van der Waals surface area contributed by atoms with E-state index in [1.54, 1.807) is 18.3 Å². The monoisotopic (exact) mass is 324 g/mol. The first kappa shape index (κ1) is 13.5. The molecule has 19 heavy (non-hydrogen) atoms. The third kappa shape index (κ3) is 3.51. The van der Waals surface area contributed by atoms with Crippen molar-refractivity contribution in [2.75, 3.05) is 5.32 Å². The maximum atomic E-state index is 13.1. The highest BCUT2D eigenvalue weighted by Crippen LogP contribution is 2.22. The summed E-state index contributed by atoms with van der Waals surface area (Å²) in [6, 6.07) is 6.30. The molecule has 0 aliphatic heterocycles. The molecule has 4 nitrogen and oxygen atoms in total. The molecule has 0 saturated heterocycles. The van der Waals surface area contributed by atoms with E-state index < -0.39 is 17.8 Å². The van der Waals surface area contributed by atoms with E-state index in [4.69, 9.17) is 0 Å². The van der Waals surface area contributed by atoms with Crippen molar-refractivity contribution in [1.82, 2.24) is 4.98 Å². The van der Waals surface area contributed by atoms with Crippen molar-refractivity contribution >= 4 is 27.6 Å². The molecule has 2 N–H and O–H groups in total. The van der Waals surface area contributed by atoms with Crippen LogP contribution in [0.2, 0.25) is 0 Å². The average Bonchev–Trinajstić information content (AvgIpc) is 2.35. The lowest BCUT2D eigenvalue weighted by Gasteiger charge is -2.16. The van der Waals surface area contributed by atoms with Crippen LogP contribution in [0.3, 0.4) is 0 Å². The molecule has 1 aromatic carbocycles. The minimum Gasteiger partial charge on any atom is -0.479 e. The number of benzene rings is 1. The predicted octanol–water partition coefficient (Wildman–Crippen LogP) is 3.22. The van der Waals surface area contributed by atoms with Crippen LogP contribution in [0.5, 0.6) is 0 Å². The number of anilines is 1. The van der Waals surface area contributed by atoms with Crippen LogP contribution in [-0.2, 0) is 4.79 Å². The Labute approximate surface area is 117 Å². The molecule has 2 aromatic rings. The van der Waals surface area contributed by atoms with Gasteiger partial charge in [0.1, 0.15) is 5.82 Å². The summed E-state index contributed by atoms with van der Waals surface area (Å²) in [5.74, 6) is -1.49. The molecule has 0 aliphatic rings. The molecule has 1 atom stereocenters. The summed E-state index contributed by atoms with van der Waals surface area (Å²) in [6.45, 7) is 0. The van der Waals surface area contributed by atoms with E-state index in [2.05, 4.69) is 26.2 Å². The molecule has 0 radical (unpaired) electrons. The third-order valence-corrected chi connectivity index (χ3v) is 2.88. The molecule has 1 unspecified atom stereocenters. The van der Waals surface area contributed by atoms with E-state index in [-0.39, 0.29) is 0 Å². The number of halogens is 2. The molecular formula is C13H10BrFN2O2. The van der Waals surface area contributed by atoms with Gasteiger partial charge in [-0.25, -0.2) is 9.18 Å². The van der Waals surface area contributed by atoms with Crippen LogP contribution in [-0.4, -0.2) is 16.1 Å². The minimum absolute atomic E-state index is 0.396. The molecule has 0 amide bonds. The molecule has 0 fully saturated rings. The largest absolute Gasteiger partial charge is 0.479 e. The standard InChI is InChI=1S/C13H10BrFN2O2/c14-9-4-8(6-16-7-9)12(13(18)19)17-11-3-1-2-10(15)5-11/h1-7,12,17H,(H,18,19). The number of pyridine rings is 1. The van der Waals surface area contributed by atoms with Gasteiger partial charge in [0, 0.05) is 28.1 Å².